The maximum absolute atomic E-state index is 5.72. The Bertz CT molecular complexity index is 889. The fourth-order valence-corrected chi connectivity index (χ4v) is 2.26. The number of ether oxygens (including phenoxy) is 1. The Morgan fingerprint density at radius 2 is 1.64 bits per heavy atom. The third-order valence-electron chi connectivity index (χ3n) is 3.40. The monoisotopic (exact) mass is 292 g/mol. The fraction of sp³-hybridized carbons (Fsp3) is 0.0588. The third-order valence-corrected chi connectivity index (χ3v) is 3.40. The van der Waals surface area contributed by atoms with E-state index in [9.17, 15) is 0 Å². The Balaban J connectivity index is 1.70. The minimum absolute atomic E-state index is 0.363. The summed E-state index contributed by atoms with van der Waals surface area (Å²) in [4.78, 5) is 0. The van der Waals surface area contributed by atoms with Crippen LogP contribution in [0.5, 0.6) is 5.75 Å². The summed E-state index contributed by atoms with van der Waals surface area (Å²) >= 11 is 0. The lowest BCUT2D eigenvalue weighted by molar-refractivity contribution is 0.415. The summed E-state index contributed by atoms with van der Waals surface area (Å²) in [6.07, 6.45) is 0. The van der Waals surface area contributed by atoms with Gasteiger partial charge in [0.15, 0.2) is 5.76 Å². The van der Waals surface area contributed by atoms with E-state index >= 15 is 0 Å². The van der Waals surface area contributed by atoms with Crippen molar-refractivity contribution in [3.8, 4) is 28.9 Å². The van der Waals surface area contributed by atoms with Crippen LogP contribution >= 0.6 is 0 Å². The van der Waals surface area contributed by atoms with Crippen molar-refractivity contribution >= 4 is 11.0 Å². The number of hydrogen-bond acceptors (Lipinski definition) is 5. The van der Waals surface area contributed by atoms with E-state index in [4.69, 9.17) is 13.6 Å². The maximum Gasteiger partial charge on any atom is 0.283 e. The van der Waals surface area contributed by atoms with Crippen molar-refractivity contribution < 1.29 is 13.6 Å². The van der Waals surface area contributed by atoms with Crippen LogP contribution in [0.4, 0.5) is 0 Å². The molecule has 108 valence electrons. The molecular weight excluding hydrogens is 280 g/mol. The van der Waals surface area contributed by atoms with Gasteiger partial charge in [-0.2, -0.15) is 0 Å². The van der Waals surface area contributed by atoms with Gasteiger partial charge in [0.05, 0.1) is 7.11 Å². The molecule has 4 aromatic rings. The smallest absolute Gasteiger partial charge is 0.283 e. The van der Waals surface area contributed by atoms with E-state index in [0.717, 1.165) is 22.3 Å². The lowest BCUT2D eigenvalue weighted by atomic mass is 10.2. The fourth-order valence-electron chi connectivity index (χ4n) is 2.26. The van der Waals surface area contributed by atoms with E-state index in [-0.39, 0.29) is 0 Å². The van der Waals surface area contributed by atoms with E-state index in [0.29, 0.717) is 17.5 Å². The Hall–Kier alpha value is -3.08. The number of methoxy groups -OCH3 is 1. The Kier molecular flexibility index (Phi) is 2.89. The van der Waals surface area contributed by atoms with Crippen LogP contribution in [0.15, 0.2) is 63.4 Å². The van der Waals surface area contributed by atoms with Gasteiger partial charge in [-0.1, -0.05) is 18.2 Å². The number of hydrogen-bond donors (Lipinski definition) is 0. The van der Waals surface area contributed by atoms with Crippen LogP contribution in [0.3, 0.4) is 0 Å². The van der Waals surface area contributed by atoms with Crippen molar-refractivity contribution in [2.75, 3.05) is 7.11 Å². The summed E-state index contributed by atoms with van der Waals surface area (Å²) in [7, 11) is 1.63. The standard InChI is InChI=1S/C17H12N2O3/c1-20-13-8-6-11(7-9-13)16-18-19-17(22-16)15-10-12-4-2-3-5-14(12)21-15/h2-10H,1H3. The van der Waals surface area contributed by atoms with Crippen molar-refractivity contribution in [3.63, 3.8) is 0 Å². The van der Waals surface area contributed by atoms with E-state index in [2.05, 4.69) is 10.2 Å². The molecule has 0 radical (unpaired) electrons. The minimum Gasteiger partial charge on any atom is -0.497 e. The number of furan rings is 1. The highest BCUT2D eigenvalue weighted by Gasteiger charge is 2.14. The van der Waals surface area contributed by atoms with E-state index < -0.39 is 0 Å². The first-order chi connectivity index (χ1) is 10.8. The predicted octanol–water partition coefficient (Wildman–Crippen LogP) is 4.16. The molecule has 5 heteroatoms. The van der Waals surface area contributed by atoms with Gasteiger partial charge in [-0.05, 0) is 36.4 Å². The molecule has 0 amide bonds. The Labute approximate surface area is 126 Å². The zero-order valence-corrected chi connectivity index (χ0v) is 11.8. The van der Waals surface area contributed by atoms with Gasteiger partial charge in [0.2, 0.25) is 5.89 Å². The van der Waals surface area contributed by atoms with Crippen molar-refractivity contribution in [2.24, 2.45) is 0 Å². The van der Waals surface area contributed by atoms with Gasteiger partial charge in [0, 0.05) is 10.9 Å². The van der Waals surface area contributed by atoms with Crippen LogP contribution in [-0.2, 0) is 0 Å². The van der Waals surface area contributed by atoms with Crippen LogP contribution in [0, 0.1) is 0 Å². The van der Waals surface area contributed by atoms with Crippen molar-refractivity contribution in [3.05, 3.63) is 54.6 Å². The zero-order chi connectivity index (χ0) is 14.9. The Morgan fingerprint density at radius 3 is 2.41 bits per heavy atom. The molecule has 0 fully saturated rings. The average molecular weight is 292 g/mol. The number of rotatable bonds is 3. The molecule has 5 nitrogen and oxygen atoms in total. The second-order valence-electron chi connectivity index (χ2n) is 4.79. The highest BCUT2D eigenvalue weighted by atomic mass is 16.5. The highest BCUT2D eigenvalue weighted by Crippen LogP contribution is 2.29. The largest absolute Gasteiger partial charge is 0.497 e. The molecule has 0 aliphatic heterocycles. The molecule has 0 bridgehead atoms. The molecule has 0 aliphatic rings. The summed E-state index contributed by atoms with van der Waals surface area (Å²) in [5.41, 5.74) is 1.62. The number of fused-ring (bicyclic) bond motifs is 1. The van der Waals surface area contributed by atoms with Gasteiger partial charge >= 0.3 is 0 Å². The normalized spacial score (nSPS) is 11.0. The molecule has 22 heavy (non-hydrogen) atoms. The lowest BCUT2D eigenvalue weighted by Crippen LogP contribution is -1.82. The van der Waals surface area contributed by atoms with E-state index in [1.54, 1.807) is 7.11 Å². The van der Waals surface area contributed by atoms with Gasteiger partial charge in [0.25, 0.3) is 5.89 Å². The number of para-hydroxylation sites is 1. The van der Waals surface area contributed by atoms with E-state index in [1.165, 1.54) is 0 Å². The van der Waals surface area contributed by atoms with Gasteiger partial charge < -0.3 is 13.6 Å². The van der Waals surface area contributed by atoms with Crippen molar-refractivity contribution in [2.45, 2.75) is 0 Å². The van der Waals surface area contributed by atoms with Gasteiger partial charge in [-0.25, -0.2) is 0 Å². The molecule has 2 aromatic carbocycles. The molecule has 0 N–H and O–H groups in total. The van der Waals surface area contributed by atoms with Gasteiger partial charge in [-0.3, -0.25) is 0 Å². The maximum atomic E-state index is 5.72. The van der Waals surface area contributed by atoms with Gasteiger partial charge in [0.1, 0.15) is 11.3 Å². The second kappa shape index (κ2) is 5.04. The zero-order valence-electron chi connectivity index (χ0n) is 11.8. The topological polar surface area (TPSA) is 61.3 Å². The van der Waals surface area contributed by atoms with Gasteiger partial charge in [-0.15, -0.1) is 10.2 Å². The molecule has 0 aliphatic carbocycles. The Morgan fingerprint density at radius 1 is 0.864 bits per heavy atom. The quantitative estimate of drug-likeness (QED) is 0.567. The van der Waals surface area contributed by atoms with Crippen molar-refractivity contribution in [1.29, 1.82) is 0 Å². The first kappa shape index (κ1) is 12.6. The summed E-state index contributed by atoms with van der Waals surface area (Å²) < 4.78 is 16.6. The molecule has 0 atom stereocenters. The van der Waals surface area contributed by atoms with Crippen molar-refractivity contribution in [1.82, 2.24) is 10.2 Å². The summed E-state index contributed by atoms with van der Waals surface area (Å²) in [6, 6.07) is 17.1. The first-order valence-electron chi connectivity index (χ1n) is 6.80. The molecule has 0 spiro atoms. The number of nitrogens with zero attached hydrogens (tertiary/aromatic N) is 2. The molecule has 0 saturated carbocycles. The van der Waals surface area contributed by atoms with Crippen LogP contribution in [0.1, 0.15) is 0 Å². The summed E-state index contributed by atoms with van der Waals surface area (Å²) in [5.74, 6) is 2.15. The van der Waals surface area contributed by atoms with Crippen LogP contribution in [0.2, 0.25) is 0 Å². The molecule has 2 aromatic heterocycles. The van der Waals surface area contributed by atoms with E-state index in [1.807, 2.05) is 54.6 Å². The number of aromatic nitrogens is 2. The minimum atomic E-state index is 0.363. The SMILES string of the molecule is COc1ccc(-c2nnc(-c3cc4ccccc4o3)o2)cc1. The highest BCUT2D eigenvalue weighted by molar-refractivity contribution is 5.81. The lowest BCUT2D eigenvalue weighted by Gasteiger charge is -1.99. The summed E-state index contributed by atoms with van der Waals surface area (Å²) in [6.45, 7) is 0. The molecule has 0 unspecified atom stereocenters. The van der Waals surface area contributed by atoms with Crippen LogP contribution < -0.4 is 4.74 Å². The summed E-state index contributed by atoms with van der Waals surface area (Å²) in [5, 5.41) is 9.13. The molecule has 2 heterocycles. The number of benzene rings is 2. The van der Waals surface area contributed by atoms with Crippen LogP contribution in [-0.4, -0.2) is 17.3 Å². The second-order valence-corrected chi connectivity index (χ2v) is 4.79. The molecule has 0 saturated heterocycles. The third kappa shape index (κ3) is 2.13. The van der Waals surface area contributed by atoms with Crippen LogP contribution in [0.25, 0.3) is 34.1 Å². The first-order valence-corrected chi connectivity index (χ1v) is 6.80. The molecular formula is C17H12N2O3. The predicted molar refractivity (Wildman–Crippen MR) is 81.5 cm³/mol. The average Bonchev–Trinajstić information content (AvgIpc) is 3.21. The molecule has 4 rings (SSSR count).